The van der Waals surface area contributed by atoms with Gasteiger partial charge in [-0.15, -0.1) is 11.8 Å². The van der Waals surface area contributed by atoms with Crippen LogP contribution >= 0.6 is 11.8 Å². The summed E-state index contributed by atoms with van der Waals surface area (Å²) in [7, 11) is 0. The van der Waals surface area contributed by atoms with Crippen molar-refractivity contribution in [1.82, 2.24) is 10.1 Å². The number of benzene rings is 2. The average Bonchev–Trinajstić information content (AvgIpc) is 3.12. The van der Waals surface area contributed by atoms with Crippen molar-refractivity contribution in [2.24, 2.45) is 0 Å². The predicted molar refractivity (Wildman–Crippen MR) is 106 cm³/mol. The fourth-order valence-electron chi connectivity index (χ4n) is 3.41. The second-order valence-electron chi connectivity index (χ2n) is 6.62. The molecule has 3 aromatic rings. The lowest BCUT2D eigenvalue weighted by atomic mass is 9.90. The molecule has 1 aliphatic carbocycles. The van der Waals surface area contributed by atoms with Crippen molar-refractivity contribution in [1.29, 1.82) is 0 Å². The molecule has 4 rings (SSSR count). The van der Waals surface area contributed by atoms with Crippen molar-refractivity contribution in [3.63, 3.8) is 0 Å². The molecule has 27 heavy (non-hydrogen) atoms. The molecule has 6 heteroatoms. The van der Waals surface area contributed by atoms with Gasteiger partial charge in [-0.3, -0.25) is 4.79 Å². The summed E-state index contributed by atoms with van der Waals surface area (Å²) in [6, 6.07) is 13.8. The highest BCUT2D eigenvalue weighted by Gasteiger charge is 2.17. The molecule has 0 bridgehead atoms. The minimum atomic E-state index is -0.0845. The molecule has 0 aliphatic heterocycles. The molecule has 0 saturated heterocycles. The van der Waals surface area contributed by atoms with Crippen molar-refractivity contribution < 1.29 is 9.32 Å². The highest BCUT2D eigenvalue weighted by atomic mass is 32.2. The van der Waals surface area contributed by atoms with Crippen LogP contribution in [0.4, 0.5) is 5.69 Å². The lowest BCUT2D eigenvalue weighted by Gasteiger charge is -2.20. The second kappa shape index (κ2) is 7.96. The summed E-state index contributed by atoms with van der Waals surface area (Å²) >= 11 is 1.52. The zero-order valence-corrected chi connectivity index (χ0v) is 16.0. The van der Waals surface area contributed by atoms with E-state index >= 15 is 0 Å². The Bertz CT molecular complexity index is 968. The maximum Gasteiger partial charge on any atom is 0.256 e. The van der Waals surface area contributed by atoms with Gasteiger partial charge in [0, 0.05) is 10.6 Å². The standard InChI is InChI=1S/C21H21N3O2S/c1-14-22-20(26-24-14)13-27-19-12-5-4-10-17(19)21(25)23-18-11-6-8-15-7-2-3-9-16(15)18/h4-6,8,10-12H,2-3,7,9,13H2,1H3,(H,23,25). The van der Waals surface area contributed by atoms with E-state index in [-0.39, 0.29) is 5.91 Å². The number of fused-ring (bicyclic) bond motifs is 1. The van der Waals surface area contributed by atoms with Crippen LogP contribution in [-0.2, 0) is 18.6 Å². The number of rotatable bonds is 5. The Morgan fingerprint density at radius 2 is 2.00 bits per heavy atom. The van der Waals surface area contributed by atoms with Crippen molar-refractivity contribution in [2.45, 2.75) is 43.3 Å². The molecule has 2 aromatic carbocycles. The zero-order chi connectivity index (χ0) is 18.6. The molecule has 0 spiro atoms. The van der Waals surface area contributed by atoms with Crippen LogP contribution in [0.3, 0.4) is 0 Å². The van der Waals surface area contributed by atoms with Gasteiger partial charge >= 0.3 is 0 Å². The third kappa shape index (κ3) is 4.06. The first kappa shape index (κ1) is 17.8. The highest BCUT2D eigenvalue weighted by molar-refractivity contribution is 7.98. The Labute approximate surface area is 162 Å². The van der Waals surface area contributed by atoms with Crippen LogP contribution in [0.5, 0.6) is 0 Å². The first-order chi connectivity index (χ1) is 13.2. The van der Waals surface area contributed by atoms with E-state index in [4.69, 9.17) is 4.52 Å². The molecule has 5 nitrogen and oxygen atoms in total. The van der Waals surface area contributed by atoms with E-state index in [0.717, 1.165) is 23.4 Å². The molecule has 0 fully saturated rings. The minimum Gasteiger partial charge on any atom is -0.338 e. The predicted octanol–water partition coefficient (Wildman–Crippen LogP) is 4.80. The van der Waals surface area contributed by atoms with E-state index in [9.17, 15) is 4.79 Å². The zero-order valence-electron chi connectivity index (χ0n) is 15.2. The quantitative estimate of drug-likeness (QED) is 0.645. The topological polar surface area (TPSA) is 68.0 Å². The van der Waals surface area contributed by atoms with Crippen molar-refractivity contribution in [3.8, 4) is 0 Å². The molecule has 0 atom stereocenters. The minimum absolute atomic E-state index is 0.0845. The van der Waals surface area contributed by atoms with E-state index in [1.54, 1.807) is 6.92 Å². The van der Waals surface area contributed by atoms with Gasteiger partial charge in [0.15, 0.2) is 5.82 Å². The monoisotopic (exact) mass is 379 g/mol. The van der Waals surface area contributed by atoms with Crippen LogP contribution < -0.4 is 5.32 Å². The number of amides is 1. The van der Waals surface area contributed by atoms with E-state index in [2.05, 4.69) is 21.5 Å². The Kier molecular flexibility index (Phi) is 5.25. The molecule has 1 aliphatic rings. The van der Waals surface area contributed by atoms with Crippen LogP contribution in [-0.4, -0.2) is 16.0 Å². The molecule has 1 amide bonds. The first-order valence-corrected chi connectivity index (χ1v) is 10.1. The summed E-state index contributed by atoms with van der Waals surface area (Å²) in [6.07, 6.45) is 4.52. The van der Waals surface area contributed by atoms with Crippen molar-refractivity contribution in [2.75, 3.05) is 5.32 Å². The fourth-order valence-corrected chi connectivity index (χ4v) is 4.29. The number of anilines is 1. The Morgan fingerprint density at radius 1 is 1.15 bits per heavy atom. The number of aryl methyl sites for hydroxylation is 2. The molecule has 138 valence electrons. The number of hydrogen-bond donors (Lipinski definition) is 1. The molecular weight excluding hydrogens is 358 g/mol. The third-order valence-electron chi connectivity index (χ3n) is 4.70. The molecular formula is C21H21N3O2S. The molecule has 1 heterocycles. The van der Waals surface area contributed by atoms with Gasteiger partial charge in [0.05, 0.1) is 11.3 Å². The van der Waals surface area contributed by atoms with Crippen LogP contribution in [0.1, 0.15) is 46.0 Å². The Hall–Kier alpha value is -2.60. The van der Waals surface area contributed by atoms with Gasteiger partial charge in [0.2, 0.25) is 5.89 Å². The van der Waals surface area contributed by atoms with E-state index in [0.29, 0.717) is 23.0 Å². The number of nitrogens with one attached hydrogen (secondary N) is 1. The van der Waals surface area contributed by atoms with Gasteiger partial charge in [0.25, 0.3) is 5.91 Å². The normalized spacial score (nSPS) is 13.2. The number of hydrogen-bond acceptors (Lipinski definition) is 5. The van der Waals surface area contributed by atoms with E-state index in [1.807, 2.05) is 36.4 Å². The number of aromatic nitrogens is 2. The lowest BCUT2D eigenvalue weighted by molar-refractivity contribution is 0.102. The maximum absolute atomic E-state index is 13.0. The second-order valence-corrected chi connectivity index (χ2v) is 7.64. The van der Waals surface area contributed by atoms with Gasteiger partial charge in [-0.1, -0.05) is 29.4 Å². The summed E-state index contributed by atoms with van der Waals surface area (Å²) in [5.74, 6) is 1.63. The molecule has 0 unspecified atom stereocenters. The maximum atomic E-state index is 13.0. The van der Waals surface area contributed by atoms with Gasteiger partial charge in [0.1, 0.15) is 0 Å². The number of carbonyl (C=O) groups excluding carboxylic acids is 1. The summed E-state index contributed by atoms with van der Waals surface area (Å²) in [5, 5.41) is 6.93. The molecule has 0 radical (unpaired) electrons. The van der Waals surface area contributed by atoms with Gasteiger partial charge in [-0.2, -0.15) is 4.98 Å². The molecule has 0 saturated carbocycles. The summed E-state index contributed by atoms with van der Waals surface area (Å²) < 4.78 is 5.16. The third-order valence-corrected chi connectivity index (χ3v) is 5.75. The number of nitrogens with zero attached hydrogens (tertiary/aromatic N) is 2. The SMILES string of the molecule is Cc1noc(CSc2ccccc2C(=O)Nc2cccc3c2CCCC3)n1. The van der Waals surface area contributed by atoms with Gasteiger partial charge in [-0.05, 0) is 61.9 Å². The number of thioether (sulfide) groups is 1. The smallest absolute Gasteiger partial charge is 0.256 e. The summed E-state index contributed by atoms with van der Waals surface area (Å²) in [6.45, 7) is 1.79. The van der Waals surface area contributed by atoms with Crippen LogP contribution in [0.25, 0.3) is 0 Å². The van der Waals surface area contributed by atoms with E-state index < -0.39 is 0 Å². The largest absolute Gasteiger partial charge is 0.338 e. The lowest BCUT2D eigenvalue weighted by Crippen LogP contribution is -2.16. The van der Waals surface area contributed by atoms with Crippen LogP contribution in [0.15, 0.2) is 51.9 Å². The average molecular weight is 379 g/mol. The number of carbonyl (C=O) groups is 1. The Morgan fingerprint density at radius 3 is 2.85 bits per heavy atom. The first-order valence-electron chi connectivity index (χ1n) is 9.14. The molecule has 1 aromatic heterocycles. The molecule has 1 N–H and O–H groups in total. The van der Waals surface area contributed by atoms with E-state index in [1.165, 1.54) is 35.7 Å². The van der Waals surface area contributed by atoms with Crippen LogP contribution in [0.2, 0.25) is 0 Å². The van der Waals surface area contributed by atoms with Crippen molar-refractivity contribution >= 4 is 23.4 Å². The highest BCUT2D eigenvalue weighted by Crippen LogP contribution is 2.30. The summed E-state index contributed by atoms with van der Waals surface area (Å²) in [5.41, 5.74) is 4.23. The van der Waals surface area contributed by atoms with Crippen LogP contribution in [0, 0.1) is 6.92 Å². The fraction of sp³-hybridized carbons (Fsp3) is 0.286. The van der Waals surface area contributed by atoms with Gasteiger partial charge < -0.3 is 9.84 Å². The summed E-state index contributed by atoms with van der Waals surface area (Å²) in [4.78, 5) is 18.1. The van der Waals surface area contributed by atoms with Crippen molar-refractivity contribution in [3.05, 3.63) is 70.9 Å². The Balaban J connectivity index is 1.52. The van der Waals surface area contributed by atoms with Gasteiger partial charge in [-0.25, -0.2) is 0 Å².